The summed E-state index contributed by atoms with van der Waals surface area (Å²) in [6.07, 6.45) is -19.3. The molecule has 0 N–H and O–H groups in total. The van der Waals surface area contributed by atoms with Crippen LogP contribution >= 0.6 is 0 Å². The lowest BCUT2D eigenvalue weighted by atomic mass is 9.93. The first-order valence-corrected chi connectivity index (χ1v) is 12.5. The molecule has 0 bridgehead atoms. The third-order valence-electron chi connectivity index (χ3n) is 6.51. The van der Waals surface area contributed by atoms with Gasteiger partial charge in [0.25, 0.3) is 0 Å². The van der Waals surface area contributed by atoms with Crippen molar-refractivity contribution < 1.29 is 52.7 Å². The van der Waals surface area contributed by atoms with Crippen LogP contribution in [0.5, 0.6) is 0 Å². The Labute approximate surface area is 258 Å². The van der Waals surface area contributed by atoms with Gasteiger partial charge in [0.15, 0.2) is 11.4 Å². The quantitative estimate of drug-likeness (QED) is 0.0812. The Balaban J connectivity index is 1.84. The Hall–Kier alpha value is -5.92. The number of aromatic nitrogens is 4. The van der Waals surface area contributed by atoms with E-state index in [9.17, 15) is 57.9 Å². The number of hydrogen-bond acceptors (Lipinski definition) is 7. The maximum atomic E-state index is 14.3. The van der Waals surface area contributed by atoms with Gasteiger partial charge in [-0.15, -0.1) is 4.95 Å². The monoisotopic (exact) mass is 684 g/mol. The zero-order chi connectivity index (χ0) is 35.4. The summed E-state index contributed by atoms with van der Waals surface area (Å²) in [5.74, 6) is 0. The molecule has 0 spiro atoms. The van der Waals surface area contributed by atoms with E-state index in [4.69, 9.17) is 6.57 Å². The number of benzene rings is 2. The van der Waals surface area contributed by atoms with Crippen molar-refractivity contribution in [3.05, 3.63) is 105 Å². The van der Waals surface area contributed by atoms with Crippen molar-refractivity contribution in [2.75, 3.05) is 0 Å². The molecule has 0 saturated heterocycles. The molecule has 2 aromatic carbocycles. The van der Waals surface area contributed by atoms with Crippen molar-refractivity contribution in [3.63, 3.8) is 0 Å². The topological polar surface area (TPSA) is 104 Å². The predicted molar refractivity (Wildman–Crippen MR) is 138 cm³/mol. The van der Waals surface area contributed by atoms with E-state index in [0.29, 0.717) is 48.5 Å². The van der Waals surface area contributed by atoms with Gasteiger partial charge in [-0.05, 0) is 24.3 Å². The largest absolute Gasteiger partial charge is 0.435 e. The normalized spacial score (nSPS) is 13.3. The second-order valence-electron chi connectivity index (χ2n) is 9.49. The fourth-order valence-electron chi connectivity index (χ4n) is 4.49. The van der Waals surface area contributed by atoms with Gasteiger partial charge < -0.3 is 0 Å². The standard InChI is InChI=1S/C28H8F12N8/c1-42-48-22-20-18(46-23(27(35,36)37)15(44-20)11-2-6-13(7-3-11)25(29,30)31)17(43-10-41)19-21(22)45-16(24(47-19)28(38,39)40)12-4-8-14(9-5-12)26(32,33)34/h2-9H. The van der Waals surface area contributed by atoms with Gasteiger partial charge in [0.1, 0.15) is 39.9 Å². The molecule has 8 nitrogen and oxygen atoms in total. The molecule has 0 unspecified atom stereocenters. The van der Waals surface area contributed by atoms with E-state index in [1.165, 1.54) is 6.19 Å². The van der Waals surface area contributed by atoms with Crippen LogP contribution in [-0.4, -0.2) is 31.4 Å². The Morgan fingerprint density at radius 3 is 1.17 bits per heavy atom. The number of aliphatic imine (C=N–C) groups is 1. The van der Waals surface area contributed by atoms with Crippen molar-refractivity contribution in [1.29, 1.82) is 5.26 Å². The van der Waals surface area contributed by atoms with Gasteiger partial charge in [-0.2, -0.15) is 69.5 Å². The van der Waals surface area contributed by atoms with E-state index in [-0.39, 0.29) is 0 Å². The van der Waals surface area contributed by atoms with Crippen LogP contribution < -0.4 is 0 Å². The lowest BCUT2D eigenvalue weighted by Gasteiger charge is -2.23. The summed E-state index contributed by atoms with van der Waals surface area (Å²) >= 11 is 0. The van der Waals surface area contributed by atoms with E-state index in [1.54, 1.807) is 0 Å². The molecule has 1 aliphatic rings. The van der Waals surface area contributed by atoms with Gasteiger partial charge in [-0.3, -0.25) is 0 Å². The number of rotatable bonds is 2. The highest BCUT2D eigenvalue weighted by molar-refractivity contribution is 6.29. The Kier molecular flexibility index (Phi) is 7.94. The lowest BCUT2D eigenvalue weighted by molar-refractivity contribution is -0.141. The molecule has 244 valence electrons. The first-order valence-electron chi connectivity index (χ1n) is 12.5. The molecule has 0 radical (unpaired) electrons. The van der Waals surface area contributed by atoms with Gasteiger partial charge >= 0.3 is 24.7 Å². The second kappa shape index (κ2) is 11.4. The van der Waals surface area contributed by atoms with Crippen LogP contribution in [-0.2, 0) is 24.7 Å². The van der Waals surface area contributed by atoms with E-state index in [1.807, 2.05) is 0 Å². The van der Waals surface area contributed by atoms with Crippen LogP contribution in [0.1, 0.15) is 45.3 Å². The molecule has 1 aliphatic carbocycles. The van der Waals surface area contributed by atoms with Crippen LogP contribution in [0, 0.1) is 18.0 Å². The Morgan fingerprint density at radius 2 is 0.875 bits per heavy atom. The maximum Gasteiger partial charge on any atom is 0.435 e. The average molecular weight is 684 g/mol. The zero-order valence-corrected chi connectivity index (χ0v) is 22.7. The summed E-state index contributed by atoms with van der Waals surface area (Å²) in [5, 5.41) is 12.7. The van der Waals surface area contributed by atoms with Crippen LogP contribution in [0.4, 0.5) is 52.7 Å². The Morgan fingerprint density at radius 1 is 0.521 bits per heavy atom. The number of hydrogen-bond donors (Lipinski definition) is 0. The molecule has 0 atom stereocenters. The molecule has 4 aromatic rings. The highest BCUT2D eigenvalue weighted by Crippen LogP contribution is 2.41. The molecular formula is C28H8F12N8. The molecule has 5 rings (SSSR count). The second-order valence-corrected chi connectivity index (χ2v) is 9.49. The third-order valence-corrected chi connectivity index (χ3v) is 6.51. The molecular weight excluding hydrogens is 676 g/mol. The molecule has 2 aromatic heterocycles. The summed E-state index contributed by atoms with van der Waals surface area (Å²) in [6, 6.07) is 4.34. The summed E-state index contributed by atoms with van der Waals surface area (Å²) in [5.41, 5.74) is -15.0. The molecule has 20 heteroatoms. The van der Waals surface area contributed by atoms with Crippen LogP contribution in [0.25, 0.3) is 27.5 Å². The fraction of sp³-hybridized carbons (Fsp3) is 0.143. The third kappa shape index (κ3) is 6.11. The SMILES string of the molecule is [C-]#[N+]N=C1c2nc(-c3ccc(C(F)(F)F)cc3)c(C(F)(F)F)nc2C(=NC#N)c2nc(C(F)(F)F)c(-c3ccc(C(F)(F)F)cc3)nc21. The number of halogens is 12. The summed E-state index contributed by atoms with van der Waals surface area (Å²) < 4.78 is 164. The number of nitrogens with zero attached hydrogens (tertiary/aromatic N) is 8. The van der Waals surface area contributed by atoms with Crippen LogP contribution in [0.2, 0.25) is 0 Å². The van der Waals surface area contributed by atoms with Crippen molar-refractivity contribution in [2.45, 2.75) is 24.7 Å². The number of alkyl halides is 12. The van der Waals surface area contributed by atoms with E-state index in [0.717, 1.165) is 0 Å². The molecule has 2 heterocycles. The van der Waals surface area contributed by atoms with E-state index >= 15 is 0 Å². The molecule has 0 saturated carbocycles. The molecule has 48 heavy (non-hydrogen) atoms. The molecule has 0 aliphatic heterocycles. The van der Waals surface area contributed by atoms with Crippen molar-refractivity contribution >= 4 is 11.4 Å². The fourth-order valence-corrected chi connectivity index (χ4v) is 4.49. The minimum absolute atomic E-state index is 0.448. The zero-order valence-electron chi connectivity index (χ0n) is 22.7. The highest BCUT2D eigenvalue weighted by atomic mass is 19.4. The van der Waals surface area contributed by atoms with Crippen molar-refractivity contribution in [1.82, 2.24) is 19.9 Å². The first-order chi connectivity index (χ1) is 22.3. The lowest BCUT2D eigenvalue weighted by Crippen LogP contribution is -2.31. The first kappa shape index (κ1) is 33.4. The van der Waals surface area contributed by atoms with Gasteiger partial charge in [0, 0.05) is 11.1 Å². The van der Waals surface area contributed by atoms with Gasteiger partial charge in [-0.1, -0.05) is 24.3 Å². The summed E-state index contributed by atoms with van der Waals surface area (Å²) in [6.45, 7) is 7.22. The Bertz CT molecular complexity index is 1950. The van der Waals surface area contributed by atoms with Gasteiger partial charge in [0.05, 0.1) is 16.2 Å². The van der Waals surface area contributed by atoms with Gasteiger partial charge in [0.2, 0.25) is 11.9 Å². The van der Waals surface area contributed by atoms with Crippen LogP contribution in [0.3, 0.4) is 0 Å². The minimum Gasteiger partial charge on any atom is -0.241 e. The maximum absolute atomic E-state index is 14.3. The van der Waals surface area contributed by atoms with Crippen LogP contribution in [0.15, 0.2) is 58.6 Å². The van der Waals surface area contributed by atoms with Crippen molar-refractivity contribution in [3.8, 4) is 28.7 Å². The van der Waals surface area contributed by atoms with Gasteiger partial charge in [-0.25, -0.2) is 19.9 Å². The number of fused-ring (bicyclic) bond motifs is 2. The summed E-state index contributed by atoms with van der Waals surface area (Å²) in [4.78, 5) is 20.6. The molecule has 0 fully saturated rings. The minimum atomic E-state index is -5.40. The average Bonchev–Trinajstić information content (AvgIpc) is 3.00. The number of nitriles is 1. The smallest absolute Gasteiger partial charge is 0.241 e. The van der Waals surface area contributed by atoms with Crippen molar-refractivity contribution in [2.24, 2.45) is 10.1 Å². The van der Waals surface area contributed by atoms with E-state index in [2.05, 4.69) is 35.0 Å². The summed E-state index contributed by atoms with van der Waals surface area (Å²) in [7, 11) is 0. The predicted octanol–water partition coefficient (Wildman–Crippen LogP) is 7.98. The molecule has 0 amide bonds. The highest BCUT2D eigenvalue weighted by Gasteiger charge is 2.45. The van der Waals surface area contributed by atoms with E-state index < -0.39 is 104 Å².